The molecule has 1 rings (SSSR count). The SMILES string of the molecule is CC(C)(C)N([O-])S(=O)(=O)c1cccnc1Cl. The van der Waals surface area contributed by atoms with Crippen LogP contribution in [0.4, 0.5) is 0 Å². The fourth-order valence-electron chi connectivity index (χ4n) is 1.01. The summed E-state index contributed by atoms with van der Waals surface area (Å²) >= 11 is 5.65. The minimum Gasteiger partial charge on any atom is -0.772 e. The van der Waals surface area contributed by atoms with Crippen molar-refractivity contribution in [2.45, 2.75) is 31.2 Å². The summed E-state index contributed by atoms with van der Waals surface area (Å²) in [6.07, 6.45) is 1.35. The van der Waals surface area contributed by atoms with Gasteiger partial charge in [0.2, 0.25) is 10.0 Å². The molecule has 7 heteroatoms. The molecule has 1 aromatic rings. The van der Waals surface area contributed by atoms with Crippen LogP contribution < -0.4 is 0 Å². The summed E-state index contributed by atoms with van der Waals surface area (Å²) in [7, 11) is -4.14. The second kappa shape index (κ2) is 4.29. The number of hydrogen-bond acceptors (Lipinski definition) is 4. The van der Waals surface area contributed by atoms with Crippen LogP contribution in [-0.2, 0) is 10.0 Å². The zero-order valence-electron chi connectivity index (χ0n) is 9.14. The van der Waals surface area contributed by atoms with Crippen molar-refractivity contribution >= 4 is 21.6 Å². The molecule has 0 aliphatic carbocycles. The number of nitrogens with zero attached hydrogens (tertiary/aromatic N) is 2. The van der Waals surface area contributed by atoms with Gasteiger partial charge in [-0.25, -0.2) is 13.4 Å². The monoisotopic (exact) mass is 263 g/mol. The van der Waals surface area contributed by atoms with E-state index in [4.69, 9.17) is 11.6 Å². The van der Waals surface area contributed by atoms with Crippen molar-refractivity contribution in [3.63, 3.8) is 0 Å². The van der Waals surface area contributed by atoms with Gasteiger partial charge < -0.3 is 5.21 Å². The quantitative estimate of drug-likeness (QED) is 0.604. The standard InChI is InChI=1S/C9H12ClN2O3S/c1-9(2,3)12(13)16(14,15)7-5-4-6-11-8(7)10/h4-6H,1-3H3/q-1. The van der Waals surface area contributed by atoms with Crippen molar-refractivity contribution < 1.29 is 8.42 Å². The van der Waals surface area contributed by atoms with Gasteiger partial charge in [0.05, 0.1) is 0 Å². The molecule has 0 radical (unpaired) electrons. The average molecular weight is 264 g/mol. The molecule has 0 bridgehead atoms. The second-order valence-corrected chi connectivity index (χ2v) is 6.27. The summed E-state index contributed by atoms with van der Waals surface area (Å²) in [4.78, 5) is 3.35. The number of hydrogen-bond donors (Lipinski definition) is 0. The van der Waals surface area contributed by atoms with Gasteiger partial charge in [0.1, 0.15) is 10.0 Å². The highest BCUT2D eigenvalue weighted by Crippen LogP contribution is 2.26. The zero-order valence-corrected chi connectivity index (χ0v) is 10.7. The predicted octanol–water partition coefficient (Wildman–Crippen LogP) is 2.02. The first-order valence-electron chi connectivity index (χ1n) is 4.50. The van der Waals surface area contributed by atoms with Crippen molar-refractivity contribution in [3.8, 4) is 0 Å². The van der Waals surface area contributed by atoms with E-state index in [2.05, 4.69) is 4.98 Å². The molecular formula is C9H12ClN2O3S-. The van der Waals surface area contributed by atoms with Crippen LogP contribution in [0.15, 0.2) is 23.2 Å². The fourth-order valence-corrected chi connectivity index (χ4v) is 2.84. The van der Waals surface area contributed by atoms with Gasteiger partial charge in [-0.15, -0.1) is 0 Å². The number of sulfonamides is 1. The van der Waals surface area contributed by atoms with E-state index < -0.39 is 15.6 Å². The van der Waals surface area contributed by atoms with Gasteiger partial charge >= 0.3 is 0 Å². The largest absolute Gasteiger partial charge is 0.772 e. The van der Waals surface area contributed by atoms with E-state index in [1.807, 2.05) is 0 Å². The highest BCUT2D eigenvalue weighted by atomic mass is 35.5. The van der Waals surface area contributed by atoms with E-state index in [0.29, 0.717) is 0 Å². The number of hydroxylamine groups is 1. The van der Waals surface area contributed by atoms with E-state index in [9.17, 15) is 13.6 Å². The van der Waals surface area contributed by atoms with Gasteiger partial charge in [-0.2, -0.15) is 0 Å². The molecule has 90 valence electrons. The van der Waals surface area contributed by atoms with Gasteiger partial charge in [-0.1, -0.05) is 11.6 Å². The Labute approximate surface area is 99.7 Å². The minimum atomic E-state index is -4.14. The van der Waals surface area contributed by atoms with E-state index >= 15 is 0 Å². The van der Waals surface area contributed by atoms with E-state index in [1.54, 1.807) is 0 Å². The van der Waals surface area contributed by atoms with Gasteiger partial charge in [0.15, 0.2) is 0 Å². The molecule has 0 aliphatic heterocycles. The highest BCUT2D eigenvalue weighted by Gasteiger charge is 2.28. The normalized spacial score (nSPS) is 13.1. The lowest BCUT2D eigenvalue weighted by atomic mass is 10.1. The van der Waals surface area contributed by atoms with Crippen LogP contribution in [-0.4, -0.2) is 23.4 Å². The van der Waals surface area contributed by atoms with E-state index in [-0.39, 0.29) is 14.5 Å². The molecule has 0 amide bonds. The molecular weight excluding hydrogens is 252 g/mol. The van der Waals surface area contributed by atoms with Gasteiger partial charge in [-0.3, -0.25) is 4.47 Å². The topological polar surface area (TPSA) is 73.3 Å². The van der Waals surface area contributed by atoms with Gasteiger partial charge in [0, 0.05) is 11.7 Å². The zero-order chi connectivity index (χ0) is 12.6. The van der Waals surface area contributed by atoms with Crippen molar-refractivity contribution in [2.24, 2.45) is 0 Å². The van der Waals surface area contributed by atoms with Crippen LogP contribution in [0.3, 0.4) is 0 Å². The second-order valence-electron chi connectivity index (χ2n) is 4.20. The molecule has 1 aromatic heterocycles. The van der Waals surface area contributed by atoms with Gasteiger partial charge in [0.25, 0.3) is 0 Å². The molecule has 0 atom stereocenters. The number of rotatable bonds is 2. The molecule has 0 saturated heterocycles. The molecule has 0 fully saturated rings. The summed E-state index contributed by atoms with van der Waals surface area (Å²) in [6.45, 7) is 4.51. The van der Waals surface area contributed by atoms with Gasteiger partial charge in [-0.05, 0) is 32.9 Å². The predicted molar refractivity (Wildman–Crippen MR) is 61.4 cm³/mol. The summed E-state index contributed by atoms with van der Waals surface area (Å²) < 4.78 is 23.8. The molecule has 0 N–H and O–H groups in total. The maximum atomic E-state index is 11.9. The third kappa shape index (κ3) is 2.52. The lowest BCUT2D eigenvalue weighted by Gasteiger charge is -2.39. The molecule has 0 spiro atoms. The lowest BCUT2D eigenvalue weighted by molar-refractivity contribution is 0.320. The average Bonchev–Trinajstić information content (AvgIpc) is 2.15. The summed E-state index contributed by atoms with van der Waals surface area (Å²) in [5, 5.41) is 11.5. The third-order valence-electron chi connectivity index (χ3n) is 1.77. The first-order chi connectivity index (χ1) is 7.17. The molecule has 0 aromatic carbocycles. The first-order valence-corrected chi connectivity index (χ1v) is 6.32. The van der Waals surface area contributed by atoms with E-state index in [0.717, 1.165) is 0 Å². The van der Waals surface area contributed by atoms with Crippen molar-refractivity contribution in [3.05, 3.63) is 28.7 Å². The Morgan fingerprint density at radius 2 is 2.00 bits per heavy atom. The molecule has 0 saturated carbocycles. The van der Waals surface area contributed by atoms with Crippen LogP contribution in [0, 0.1) is 5.21 Å². The van der Waals surface area contributed by atoms with Crippen LogP contribution in [0.2, 0.25) is 5.15 Å². The van der Waals surface area contributed by atoms with Crippen molar-refractivity contribution in [2.75, 3.05) is 0 Å². The molecule has 16 heavy (non-hydrogen) atoms. The minimum absolute atomic E-state index is 0.0306. The van der Waals surface area contributed by atoms with Crippen molar-refractivity contribution in [1.82, 2.24) is 9.45 Å². The summed E-state index contributed by atoms with van der Waals surface area (Å²) in [6, 6.07) is 2.66. The fraction of sp³-hybridized carbons (Fsp3) is 0.444. The Hall–Kier alpha value is -0.690. The molecule has 0 aliphatic rings. The summed E-state index contributed by atoms with van der Waals surface area (Å²) in [5.74, 6) is 0. The summed E-state index contributed by atoms with van der Waals surface area (Å²) in [5.41, 5.74) is -1.06. The first kappa shape index (κ1) is 13.4. The number of pyridine rings is 1. The molecule has 1 heterocycles. The lowest BCUT2D eigenvalue weighted by Crippen LogP contribution is -2.41. The highest BCUT2D eigenvalue weighted by molar-refractivity contribution is 7.89. The Morgan fingerprint density at radius 3 is 2.44 bits per heavy atom. The molecule has 0 unspecified atom stereocenters. The Kier molecular flexibility index (Phi) is 3.59. The van der Waals surface area contributed by atoms with E-state index in [1.165, 1.54) is 39.1 Å². The Morgan fingerprint density at radius 1 is 1.44 bits per heavy atom. The van der Waals surface area contributed by atoms with Crippen molar-refractivity contribution in [1.29, 1.82) is 0 Å². The van der Waals surface area contributed by atoms with Crippen LogP contribution in [0.5, 0.6) is 0 Å². The number of halogens is 1. The Bertz CT molecular complexity index is 482. The Balaban J connectivity index is 3.29. The molecule has 5 nitrogen and oxygen atoms in total. The maximum absolute atomic E-state index is 11.9. The van der Waals surface area contributed by atoms with Crippen LogP contribution >= 0.6 is 11.6 Å². The maximum Gasteiger partial charge on any atom is 0.235 e. The number of aromatic nitrogens is 1. The van der Waals surface area contributed by atoms with Crippen LogP contribution in [0.1, 0.15) is 20.8 Å². The smallest absolute Gasteiger partial charge is 0.235 e. The third-order valence-corrected chi connectivity index (χ3v) is 4.05. The van der Waals surface area contributed by atoms with Crippen LogP contribution in [0.25, 0.3) is 0 Å².